The first-order valence-corrected chi connectivity index (χ1v) is 10.3. The van der Waals surface area contributed by atoms with Gasteiger partial charge in [0.15, 0.2) is 11.0 Å². The molecule has 2 aromatic heterocycles. The highest BCUT2D eigenvalue weighted by molar-refractivity contribution is 7.99. The molecule has 0 N–H and O–H groups in total. The first-order valence-electron chi connectivity index (χ1n) is 9.36. The number of carbonyl (C=O) groups is 1. The minimum Gasteiger partial charge on any atom is -0.342 e. The Labute approximate surface area is 169 Å². The van der Waals surface area contributed by atoms with Crippen molar-refractivity contribution in [3.05, 3.63) is 53.9 Å². The van der Waals surface area contributed by atoms with Crippen molar-refractivity contribution in [1.29, 1.82) is 0 Å². The molecule has 1 aromatic carbocycles. The predicted molar refractivity (Wildman–Crippen MR) is 111 cm³/mol. The van der Waals surface area contributed by atoms with E-state index in [2.05, 4.69) is 47.2 Å². The zero-order chi connectivity index (χ0) is 19.7. The van der Waals surface area contributed by atoms with Crippen molar-refractivity contribution in [2.45, 2.75) is 37.9 Å². The van der Waals surface area contributed by atoms with Crippen molar-refractivity contribution in [2.75, 3.05) is 12.8 Å². The van der Waals surface area contributed by atoms with Gasteiger partial charge in [-0.2, -0.15) is 0 Å². The van der Waals surface area contributed by atoms with Crippen LogP contribution in [0, 0.1) is 13.8 Å². The maximum Gasteiger partial charge on any atom is 0.233 e. The molecule has 1 aliphatic rings. The van der Waals surface area contributed by atoms with Crippen LogP contribution in [0.1, 0.15) is 24.0 Å². The Balaban J connectivity index is 1.68. The molecule has 28 heavy (non-hydrogen) atoms. The van der Waals surface area contributed by atoms with Gasteiger partial charge in [0, 0.05) is 31.0 Å². The molecule has 6 nitrogen and oxygen atoms in total. The Kier molecular flexibility index (Phi) is 5.17. The lowest BCUT2D eigenvalue weighted by atomic mass is 10.1. The molecule has 0 spiro atoms. The number of thioether (sulfide) groups is 1. The fourth-order valence-corrected chi connectivity index (χ4v) is 3.92. The van der Waals surface area contributed by atoms with E-state index in [0.29, 0.717) is 17.0 Å². The van der Waals surface area contributed by atoms with Gasteiger partial charge < -0.3 is 4.90 Å². The van der Waals surface area contributed by atoms with Gasteiger partial charge in [0.2, 0.25) is 5.91 Å². The normalized spacial score (nSPS) is 13.5. The summed E-state index contributed by atoms with van der Waals surface area (Å²) >= 11 is 1.43. The number of amides is 1. The average Bonchev–Trinajstić information content (AvgIpc) is 3.48. The number of aryl methyl sites for hydroxylation is 2. The highest BCUT2D eigenvalue weighted by atomic mass is 32.2. The van der Waals surface area contributed by atoms with Crippen LogP contribution in [0.2, 0.25) is 0 Å². The molecule has 7 heteroatoms. The van der Waals surface area contributed by atoms with E-state index in [9.17, 15) is 4.79 Å². The van der Waals surface area contributed by atoms with Crippen LogP contribution in [0.25, 0.3) is 17.1 Å². The quantitative estimate of drug-likeness (QED) is 0.598. The number of hydrogen-bond acceptors (Lipinski definition) is 5. The zero-order valence-corrected chi connectivity index (χ0v) is 17.1. The summed E-state index contributed by atoms with van der Waals surface area (Å²) in [5, 5.41) is 9.54. The standard InChI is InChI=1S/C21H23N5OS/c1-14-4-5-18(12-15(14)2)26-20(16-8-10-22-11-9-16)23-24-21(26)28-13-19(27)25(3)17-6-7-17/h4-5,8-12,17H,6-7,13H2,1-3H3. The molecule has 2 heterocycles. The van der Waals surface area contributed by atoms with E-state index in [1.807, 2.05) is 28.6 Å². The molecule has 0 bridgehead atoms. The number of hydrogen-bond donors (Lipinski definition) is 0. The summed E-state index contributed by atoms with van der Waals surface area (Å²) in [6, 6.07) is 10.5. The van der Waals surface area contributed by atoms with Gasteiger partial charge >= 0.3 is 0 Å². The van der Waals surface area contributed by atoms with Crippen molar-refractivity contribution in [2.24, 2.45) is 0 Å². The van der Waals surface area contributed by atoms with Gasteiger partial charge in [-0.05, 0) is 62.1 Å². The Morgan fingerprint density at radius 1 is 1.14 bits per heavy atom. The van der Waals surface area contributed by atoms with E-state index in [4.69, 9.17) is 0 Å². The minimum absolute atomic E-state index is 0.132. The van der Waals surface area contributed by atoms with Crippen molar-refractivity contribution < 1.29 is 4.79 Å². The van der Waals surface area contributed by atoms with E-state index < -0.39 is 0 Å². The van der Waals surface area contributed by atoms with Crippen molar-refractivity contribution in [3.8, 4) is 17.1 Å². The van der Waals surface area contributed by atoms with Crippen LogP contribution in [-0.4, -0.2) is 49.4 Å². The van der Waals surface area contributed by atoms with Gasteiger partial charge in [-0.25, -0.2) is 0 Å². The van der Waals surface area contributed by atoms with Gasteiger partial charge in [-0.3, -0.25) is 14.3 Å². The number of pyridine rings is 1. The Hall–Kier alpha value is -2.67. The lowest BCUT2D eigenvalue weighted by Gasteiger charge is -2.16. The van der Waals surface area contributed by atoms with Crippen LogP contribution in [0.4, 0.5) is 0 Å². The highest BCUT2D eigenvalue weighted by Gasteiger charge is 2.29. The molecule has 1 fully saturated rings. The van der Waals surface area contributed by atoms with E-state index in [1.54, 1.807) is 12.4 Å². The molecule has 0 aliphatic heterocycles. The molecule has 0 atom stereocenters. The number of rotatable bonds is 6. The fraction of sp³-hybridized carbons (Fsp3) is 0.333. The van der Waals surface area contributed by atoms with Gasteiger partial charge in [0.1, 0.15) is 0 Å². The highest BCUT2D eigenvalue weighted by Crippen LogP contribution is 2.30. The van der Waals surface area contributed by atoms with Gasteiger partial charge in [0.05, 0.1) is 11.4 Å². The monoisotopic (exact) mass is 393 g/mol. The summed E-state index contributed by atoms with van der Waals surface area (Å²) in [6.45, 7) is 4.19. The third kappa shape index (κ3) is 3.80. The summed E-state index contributed by atoms with van der Waals surface area (Å²) < 4.78 is 2.02. The second-order valence-corrected chi connectivity index (χ2v) is 8.11. The molecule has 0 saturated heterocycles. The third-order valence-corrected chi connectivity index (χ3v) is 6.05. The molecular formula is C21H23N5OS. The van der Waals surface area contributed by atoms with E-state index >= 15 is 0 Å². The molecule has 0 radical (unpaired) electrons. The Morgan fingerprint density at radius 3 is 2.57 bits per heavy atom. The van der Waals surface area contributed by atoms with Crippen LogP contribution >= 0.6 is 11.8 Å². The summed E-state index contributed by atoms with van der Waals surface area (Å²) in [5.41, 5.74) is 4.37. The molecule has 144 valence electrons. The SMILES string of the molecule is Cc1ccc(-n2c(SCC(=O)N(C)C3CC3)nnc2-c2ccncc2)cc1C. The number of carbonyl (C=O) groups excluding carboxylic acids is 1. The molecule has 1 amide bonds. The predicted octanol–water partition coefficient (Wildman–Crippen LogP) is 3.66. The van der Waals surface area contributed by atoms with Gasteiger partial charge in [0.25, 0.3) is 0 Å². The van der Waals surface area contributed by atoms with E-state index in [-0.39, 0.29) is 5.91 Å². The second-order valence-electron chi connectivity index (χ2n) is 7.17. The largest absolute Gasteiger partial charge is 0.342 e. The summed E-state index contributed by atoms with van der Waals surface area (Å²) in [6.07, 6.45) is 5.71. The maximum absolute atomic E-state index is 12.5. The van der Waals surface area contributed by atoms with Crippen LogP contribution in [0.15, 0.2) is 47.9 Å². The fourth-order valence-electron chi connectivity index (χ4n) is 3.04. The van der Waals surface area contributed by atoms with Gasteiger partial charge in [-0.1, -0.05) is 17.8 Å². The van der Waals surface area contributed by atoms with E-state index in [0.717, 1.165) is 29.9 Å². The third-order valence-electron chi connectivity index (χ3n) is 5.13. The Morgan fingerprint density at radius 2 is 1.89 bits per heavy atom. The summed E-state index contributed by atoms with van der Waals surface area (Å²) in [5.74, 6) is 1.23. The average molecular weight is 394 g/mol. The van der Waals surface area contributed by atoms with Crippen LogP contribution in [-0.2, 0) is 4.79 Å². The lowest BCUT2D eigenvalue weighted by molar-refractivity contribution is -0.127. The minimum atomic E-state index is 0.132. The maximum atomic E-state index is 12.5. The molecule has 0 unspecified atom stereocenters. The summed E-state index contributed by atoms with van der Waals surface area (Å²) in [4.78, 5) is 18.4. The second kappa shape index (κ2) is 7.75. The van der Waals surface area contributed by atoms with Gasteiger partial charge in [-0.15, -0.1) is 10.2 Å². The van der Waals surface area contributed by atoms with Crippen LogP contribution < -0.4 is 0 Å². The Bertz CT molecular complexity index is 997. The first kappa shape index (κ1) is 18.7. The number of aromatic nitrogens is 4. The van der Waals surface area contributed by atoms with Crippen molar-refractivity contribution in [1.82, 2.24) is 24.6 Å². The number of nitrogens with zero attached hydrogens (tertiary/aromatic N) is 5. The molecule has 3 aromatic rings. The molecular weight excluding hydrogens is 370 g/mol. The lowest BCUT2D eigenvalue weighted by Crippen LogP contribution is -2.30. The molecule has 1 saturated carbocycles. The van der Waals surface area contributed by atoms with Crippen LogP contribution in [0.3, 0.4) is 0 Å². The van der Waals surface area contributed by atoms with Crippen molar-refractivity contribution in [3.63, 3.8) is 0 Å². The molecule has 1 aliphatic carbocycles. The topological polar surface area (TPSA) is 63.9 Å². The number of benzene rings is 1. The summed E-state index contributed by atoms with van der Waals surface area (Å²) in [7, 11) is 1.89. The zero-order valence-electron chi connectivity index (χ0n) is 16.3. The first-order chi connectivity index (χ1) is 13.5. The van der Waals surface area contributed by atoms with E-state index in [1.165, 1.54) is 22.9 Å². The smallest absolute Gasteiger partial charge is 0.233 e. The van der Waals surface area contributed by atoms with Crippen LogP contribution in [0.5, 0.6) is 0 Å². The molecule has 4 rings (SSSR count). The van der Waals surface area contributed by atoms with Crippen molar-refractivity contribution >= 4 is 17.7 Å².